The first-order valence-electron chi connectivity index (χ1n) is 9.03. The second-order valence-electron chi connectivity index (χ2n) is 7.95. The van der Waals surface area contributed by atoms with E-state index in [9.17, 15) is 8.94 Å². The van der Waals surface area contributed by atoms with E-state index in [-0.39, 0.29) is 5.69 Å². The summed E-state index contributed by atoms with van der Waals surface area (Å²) in [7, 11) is -2.04. The number of hydrogen-bond donors (Lipinski definition) is 1. The maximum absolute atomic E-state index is 15.6. The topological polar surface area (TPSA) is 48.0 Å². The van der Waals surface area contributed by atoms with Crippen LogP contribution < -0.4 is 9.91 Å². The van der Waals surface area contributed by atoms with Crippen molar-refractivity contribution in [1.29, 1.82) is 0 Å². The van der Waals surface area contributed by atoms with Crippen LogP contribution in [0.2, 0.25) is 18.1 Å². The third-order valence-electron chi connectivity index (χ3n) is 5.19. The summed E-state index contributed by atoms with van der Waals surface area (Å²) in [5, 5.41) is 0.671. The van der Waals surface area contributed by atoms with Gasteiger partial charge in [-0.3, -0.25) is 0 Å². The Labute approximate surface area is 169 Å². The molecule has 0 aliphatic heterocycles. The fourth-order valence-corrected chi connectivity index (χ4v) is 8.22. The zero-order valence-corrected chi connectivity index (χ0v) is 20.2. The van der Waals surface area contributed by atoms with Crippen LogP contribution in [0, 0.1) is 5.82 Å². The van der Waals surface area contributed by atoms with E-state index in [4.69, 9.17) is 0 Å². The Hall–Kier alpha value is -0.0231. The van der Waals surface area contributed by atoms with Crippen LogP contribution in [0.1, 0.15) is 54.2 Å². The first-order valence-corrected chi connectivity index (χ1v) is 13.6. The number of aromatic nitrogens is 1. The van der Waals surface area contributed by atoms with Gasteiger partial charge in [-0.25, -0.2) is 13.8 Å². The van der Waals surface area contributed by atoms with Gasteiger partial charge in [-0.05, 0) is 54.9 Å². The molecule has 0 fully saturated rings. The molecule has 150 valence electrons. The number of halogens is 3. The standard InChI is InChI=1S/C18H31BrF2N2OSSi/c1-8-26(9-2,10-3)13-11-14(19)22-16(15(13)21)18(7,12-20)23-25(24)17(4,5)6/h11,23H,8-10,12H2,1-7H3/t18-,25-/m1/s1. The van der Waals surface area contributed by atoms with Gasteiger partial charge in [-0.1, -0.05) is 38.9 Å². The number of rotatable bonds is 8. The highest BCUT2D eigenvalue weighted by Gasteiger charge is 2.43. The minimum absolute atomic E-state index is 0.00537. The summed E-state index contributed by atoms with van der Waals surface area (Å²) in [5.74, 6) is -0.455. The fraction of sp³-hybridized carbons (Fsp3) is 0.722. The van der Waals surface area contributed by atoms with Gasteiger partial charge in [0.25, 0.3) is 0 Å². The minimum atomic E-state index is -2.04. The molecule has 0 saturated carbocycles. The van der Waals surface area contributed by atoms with Gasteiger partial charge in [0.2, 0.25) is 0 Å². The van der Waals surface area contributed by atoms with E-state index >= 15 is 4.39 Å². The molecule has 26 heavy (non-hydrogen) atoms. The lowest BCUT2D eigenvalue weighted by atomic mass is 10.00. The zero-order chi connectivity index (χ0) is 20.3. The molecule has 1 heterocycles. The van der Waals surface area contributed by atoms with E-state index < -0.39 is 42.2 Å². The van der Waals surface area contributed by atoms with Gasteiger partial charge in [0, 0.05) is 11.4 Å². The molecule has 0 radical (unpaired) electrons. The quantitative estimate of drug-likeness (QED) is 0.334. The Kier molecular flexibility index (Phi) is 8.30. The molecule has 3 nitrogen and oxygen atoms in total. The molecule has 1 aromatic heterocycles. The van der Waals surface area contributed by atoms with Crippen molar-refractivity contribution in [3.05, 3.63) is 22.2 Å². The van der Waals surface area contributed by atoms with Crippen LogP contribution in [0.5, 0.6) is 0 Å². The summed E-state index contributed by atoms with van der Waals surface area (Å²) in [4.78, 5) is 4.25. The molecular formula is C18H31BrF2N2OSSi. The molecule has 0 spiro atoms. The van der Waals surface area contributed by atoms with Gasteiger partial charge >= 0.3 is 0 Å². The van der Waals surface area contributed by atoms with Gasteiger partial charge in [-0.2, -0.15) is 0 Å². The largest absolute Gasteiger partial charge is 0.598 e. The molecular weight excluding hydrogens is 438 g/mol. The lowest BCUT2D eigenvalue weighted by Crippen LogP contribution is -2.54. The summed E-state index contributed by atoms with van der Waals surface area (Å²) >= 11 is 1.82. The van der Waals surface area contributed by atoms with Crippen LogP contribution in [0.4, 0.5) is 8.78 Å². The average molecular weight is 470 g/mol. The second-order valence-corrected chi connectivity index (χ2v) is 15.9. The highest BCUT2D eigenvalue weighted by atomic mass is 79.9. The van der Waals surface area contributed by atoms with Crippen LogP contribution in [-0.2, 0) is 16.9 Å². The Morgan fingerprint density at radius 1 is 1.19 bits per heavy atom. The predicted octanol–water partition coefficient (Wildman–Crippen LogP) is 4.94. The maximum atomic E-state index is 15.6. The third kappa shape index (κ3) is 4.87. The summed E-state index contributed by atoms with van der Waals surface area (Å²) < 4.78 is 44.9. The van der Waals surface area contributed by atoms with Gasteiger partial charge in [-0.15, -0.1) is 4.72 Å². The van der Waals surface area contributed by atoms with Gasteiger partial charge in [0.15, 0.2) is 0 Å². The van der Waals surface area contributed by atoms with Crippen molar-refractivity contribution in [2.24, 2.45) is 0 Å². The Bertz CT molecular complexity index is 618. The molecule has 1 rings (SSSR count). The molecule has 1 aromatic rings. The summed E-state index contributed by atoms with van der Waals surface area (Å²) in [6, 6.07) is 4.46. The number of hydrogen-bond acceptors (Lipinski definition) is 3. The van der Waals surface area contributed by atoms with Crippen LogP contribution in [0.3, 0.4) is 0 Å². The van der Waals surface area contributed by atoms with Crippen LogP contribution in [0.25, 0.3) is 0 Å². The van der Waals surface area contributed by atoms with E-state index in [0.29, 0.717) is 9.79 Å². The van der Waals surface area contributed by atoms with Crippen molar-refractivity contribution in [3.63, 3.8) is 0 Å². The van der Waals surface area contributed by atoms with Crippen molar-refractivity contribution in [2.75, 3.05) is 6.67 Å². The Morgan fingerprint density at radius 3 is 2.08 bits per heavy atom. The number of alkyl halides is 1. The van der Waals surface area contributed by atoms with E-state index in [2.05, 4.69) is 46.4 Å². The van der Waals surface area contributed by atoms with Gasteiger partial charge in [0.1, 0.15) is 33.1 Å². The molecule has 0 amide bonds. The molecule has 8 heteroatoms. The van der Waals surface area contributed by atoms with Crippen LogP contribution in [0.15, 0.2) is 10.7 Å². The SMILES string of the molecule is CC[Si](CC)(CC)c1cc(Br)nc([C@@](C)(CF)N[S@+]([O-])C(C)(C)C)c1F. The molecule has 0 unspecified atom stereocenters. The first-order chi connectivity index (χ1) is 11.9. The lowest BCUT2D eigenvalue weighted by Gasteiger charge is -2.35. The van der Waals surface area contributed by atoms with E-state index in [1.165, 1.54) is 6.92 Å². The Balaban J connectivity index is 3.57. The summed E-state index contributed by atoms with van der Waals surface area (Å²) in [6.07, 6.45) is 0. The third-order valence-corrected chi connectivity index (χ3v) is 12.9. The number of pyridine rings is 1. The smallest absolute Gasteiger partial charge is 0.146 e. The van der Waals surface area contributed by atoms with Crippen molar-refractivity contribution in [2.45, 2.75) is 76.9 Å². The van der Waals surface area contributed by atoms with E-state index in [1.54, 1.807) is 26.8 Å². The minimum Gasteiger partial charge on any atom is -0.598 e. The van der Waals surface area contributed by atoms with Crippen LogP contribution in [-0.4, -0.2) is 29.0 Å². The van der Waals surface area contributed by atoms with Gasteiger partial charge < -0.3 is 4.55 Å². The van der Waals surface area contributed by atoms with Crippen molar-refractivity contribution in [1.82, 2.24) is 9.71 Å². The average Bonchev–Trinajstić information content (AvgIpc) is 2.58. The molecule has 2 atom stereocenters. The van der Waals surface area contributed by atoms with Crippen molar-refractivity contribution >= 4 is 40.6 Å². The Morgan fingerprint density at radius 2 is 1.69 bits per heavy atom. The lowest BCUT2D eigenvalue weighted by molar-refractivity contribution is 0.290. The van der Waals surface area contributed by atoms with E-state index in [1.807, 2.05) is 0 Å². The van der Waals surface area contributed by atoms with Crippen molar-refractivity contribution in [3.8, 4) is 0 Å². The molecule has 0 aromatic carbocycles. The fourth-order valence-electron chi connectivity index (χ4n) is 3.07. The summed E-state index contributed by atoms with van der Waals surface area (Å²) in [5.41, 5.74) is -1.47. The predicted molar refractivity (Wildman–Crippen MR) is 113 cm³/mol. The molecule has 0 aliphatic rings. The van der Waals surface area contributed by atoms with Crippen LogP contribution >= 0.6 is 15.9 Å². The maximum Gasteiger partial charge on any atom is 0.146 e. The zero-order valence-electron chi connectivity index (χ0n) is 16.8. The van der Waals surface area contributed by atoms with E-state index in [0.717, 1.165) is 18.1 Å². The van der Waals surface area contributed by atoms with Gasteiger partial charge in [0.05, 0.1) is 8.07 Å². The first kappa shape index (κ1) is 24.0. The highest BCUT2D eigenvalue weighted by Crippen LogP contribution is 2.30. The molecule has 0 saturated heterocycles. The number of nitrogens with zero attached hydrogens (tertiary/aromatic N) is 1. The molecule has 1 N–H and O–H groups in total. The molecule has 0 aliphatic carbocycles. The monoisotopic (exact) mass is 468 g/mol. The normalized spacial score (nSPS) is 16.4. The van der Waals surface area contributed by atoms with Crippen molar-refractivity contribution < 1.29 is 13.3 Å². The second kappa shape index (κ2) is 8.98. The highest BCUT2D eigenvalue weighted by molar-refractivity contribution is 9.10. The number of nitrogens with one attached hydrogen (secondary N) is 1. The summed E-state index contributed by atoms with van der Waals surface area (Å²) in [6.45, 7) is 12.2. The molecule has 0 bridgehead atoms.